The number of carboxylic acid groups (broad SMARTS) is 1. The molecule has 5 amide bonds. The average molecular weight is 717 g/mol. The molecule has 7 N–H and O–H groups in total. The molecule has 1 aliphatic heterocycles. The lowest BCUT2D eigenvalue weighted by Crippen LogP contribution is -2.55. The van der Waals surface area contributed by atoms with Crippen molar-refractivity contribution in [2.45, 2.75) is 97.8 Å². The summed E-state index contributed by atoms with van der Waals surface area (Å²) in [6, 6.07) is 2.64. The predicted octanol–water partition coefficient (Wildman–Crippen LogP) is 0.0209. The van der Waals surface area contributed by atoms with Gasteiger partial charge >= 0.3 is 11.9 Å². The van der Waals surface area contributed by atoms with E-state index in [1.165, 1.54) is 6.92 Å². The summed E-state index contributed by atoms with van der Waals surface area (Å²) in [6.07, 6.45) is -2.26. The maximum atomic E-state index is 13.2. The fourth-order valence-electron chi connectivity index (χ4n) is 5.74. The summed E-state index contributed by atoms with van der Waals surface area (Å²) in [5.41, 5.74) is 0.715. The largest absolute Gasteiger partial charge is 0.481 e. The maximum Gasteiger partial charge on any atom is 0.311 e. The zero-order valence-electron chi connectivity index (χ0n) is 29.5. The molecule has 0 saturated heterocycles. The van der Waals surface area contributed by atoms with Crippen LogP contribution in [0.15, 0.2) is 30.4 Å². The molecule has 1 heterocycles. The van der Waals surface area contributed by atoms with Gasteiger partial charge in [0.05, 0.1) is 23.5 Å². The number of nitrogens with zero attached hydrogens (tertiary/aromatic N) is 1. The van der Waals surface area contributed by atoms with E-state index in [1.807, 2.05) is 0 Å². The van der Waals surface area contributed by atoms with E-state index in [-0.39, 0.29) is 25.9 Å². The standard InChI is InChI=1S/C35H48N4O12/c1-17(2)27(38-24(40)15-39-25(41)11-12-26(39)42)32(47)36-18(3)31(46)37-22-10-9-21(16-51-34(50)35(4,5)6)19(13-22)7-8-20-14-23(33(48)49)29(44)30(45)28(20)43/h9-13,17-18,20,23,27-30,43-45H,7-8,14-16H2,1-6H3,(H,36,47)(H,37,46)(H,38,40)(H,48,49)/t18-,20+,23-,27-,28-,29+,30+/m0/s1. The Bertz CT molecular complexity index is 1530. The molecule has 1 aromatic carbocycles. The molecular formula is C35H48N4O12. The van der Waals surface area contributed by atoms with Gasteiger partial charge in [-0.1, -0.05) is 19.9 Å². The zero-order valence-corrected chi connectivity index (χ0v) is 29.5. The number of benzene rings is 1. The fraction of sp³-hybridized carbons (Fsp3) is 0.571. The summed E-state index contributed by atoms with van der Waals surface area (Å²) in [7, 11) is 0. The van der Waals surface area contributed by atoms with E-state index in [0.717, 1.165) is 17.1 Å². The van der Waals surface area contributed by atoms with Gasteiger partial charge in [-0.05, 0) is 82.1 Å². The molecule has 280 valence electrons. The number of aliphatic hydroxyl groups excluding tert-OH is 3. The van der Waals surface area contributed by atoms with Crippen molar-refractivity contribution in [1.82, 2.24) is 15.5 Å². The second-order valence-corrected chi connectivity index (χ2v) is 14.4. The topological polar surface area (TPSA) is 249 Å². The Morgan fingerprint density at radius 1 is 0.902 bits per heavy atom. The molecule has 0 spiro atoms. The lowest BCUT2D eigenvalue weighted by atomic mass is 9.73. The molecular weight excluding hydrogens is 668 g/mol. The van der Waals surface area contributed by atoms with Gasteiger partial charge in [-0.3, -0.25) is 38.5 Å². The Balaban J connectivity index is 1.72. The third kappa shape index (κ3) is 10.7. The number of ether oxygens (including phenoxy) is 1. The number of hydrogen-bond acceptors (Lipinski definition) is 11. The lowest BCUT2D eigenvalue weighted by Gasteiger charge is -2.39. The first-order valence-electron chi connectivity index (χ1n) is 16.7. The molecule has 0 radical (unpaired) electrons. The SMILES string of the molecule is CC(C)[C@H](NC(=O)CN1C(=O)C=CC1=O)C(=O)N[C@@H](C)C(=O)Nc1ccc(COC(=O)C(C)(C)C)c(CC[C@@H]2C[C@H](C(=O)O)[C@@H](O)[C@H](O)[C@H]2O)c1. The van der Waals surface area contributed by atoms with Gasteiger partial charge in [0.1, 0.15) is 31.3 Å². The molecule has 0 aromatic heterocycles. The zero-order chi connectivity index (χ0) is 38.4. The Morgan fingerprint density at radius 3 is 2.10 bits per heavy atom. The second kappa shape index (κ2) is 17.0. The minimum absolute atomic E-state index is 0.0831. The first-order chi connectivity index (χ1) is 23.7. The second-order valence-electron chi connectivity index (χ2n) is 14.4. The van der Waals surface area contributed by atoms with Crippen LogP contribution in [0.1, 0.15) is 65.5 Å². The van der Waals surface area contributed by atoms with Crippen LogP contribution in [0.25, 0.3) is 0 Å². The number of carbonyl (C=O) groups is 7. The van der Waals surface area contributed by atoms with Gasteiger partial charge in [-0.2, -0.15) is 0 Å². The van der Waals surface area contributed by atoms with Crippen molar-refractivity contribution in [3.63, 3.8) is 0 Å². The van der Waals surface area contributed by atoms with Crippen molar-refractivity contribution in [3.05, 3.63) is 41.5 Å². The Kier molecular flexibility index (Phi) is 13.6. The summed E-state index contributed by atoms with van der Waals surface area (Å²) < 4.78 is 5.50. The Morgan fingerprint density at radius 2 is 1.53 bits per heavy atom. The van der Waals surface area contributed by atoms with Crippen LogP contribution in [0, 0.1) is 23.2 Å². The summed E-state index contributed by atoms with van der Waals surface area (Å²) in [4.78, 5) is 87.4. The molecule has 16 nitrogen and oxygen atoms in total. The number of esters is 1. The normalized spacial score (nSPS) is 23.1. The van der Waals surface area contributed by atoms with Crippen molar-refractivity contribution < 1.29 is 58.7 Å². The van der Waals surface area contributed by atoms with E-state index in [9.17, 15) is 54.0 Å². The highest BCUT2D eigenvalue weighted by Gasteiger charge is 2.45. The number of imide groups is 1. The van der Waals surface area contributed by atoms with Crippen molar-refractivity contribution in [2.75, 3.05) is 11.9 Å². The lowest BCUT2D eigenvalue weighted by molar-refractivity contribution is -0.168. The smallest absolute Gasteiger partial charge is 0.311 e. The number of nitrogens with one attached hydrogen (secondary N) is 3. The van der Waals surface area contributed by atoms with Crippen LogP contribution >= 0.6 is 0 Å². The monoisotopic (exact) mass is 716 g/mol. The first-order valence-corrected chi connectivity index (χ1v) is 16.7. The van der Waals surface area contributed by atoms with E-state index in [4.69, 9.17) is 4.74 Å². The van der Waals surface area contributed by atoms with Crippen LogP contribution < -0.4 is 16.0 Å². The van der Waals surface area contributed by atoms with Crippen LogP contribution in [0.5, 0.6) is 0 Å². The fourth-order valence-corrected chi connectivity index (χ4v) is 5.74. The summed E-state index contributed by atoms with van der Waals surface area (Å²) >= 11 is 0. The van der Waals surface area contributed by atoms with E-state index >= 15 is 0 Å². The Labute approximate surface area is 295 Å². The number of anilines is 1. The number of amides is 5. The highest BCUT2D eigenvalue weighted by molar-refractivity contribution is 6.14. The number of rotatable bonds is 14. The van der Waals surface area contributed by atoms with E-state index in [1.54, 1.807) is 52.8 Å². The minimum atomic E-state index is -1.65. The predicted molar refractivity (Wildman–Crippen MR) is 180 cm³/mol. The van der Waals surface area contributed by atoms with Gasteiger partial charge < -0.3 is 41.1 Å². The number of hydrogen-bond donors (Lipinski definition) is 7. The molecule has 2 aliphatic rings. The molecule has 51 heavy (non-hydrogen) atoms. The van der Waals surface area contributed by atoms with E-state index in [2.05, 4.69) is 16.0 Å². The molecule has 1 aromatic rings. The van der Waals surface area contributed by atoms with Gasteiger partial charge in [0.25, 0.3) is 11.8 Å². The summed E-state index contributed by atoms with van der Waals surface area (Å²) in [5.74, 6) is -7.46. The van der Waals surface area contributed by atoms with Gasteiger partial charge in [0.2, 0.25) is 17.7 Å². The number of carbonyl (C=O) groups excluding carboxylic acids is 6. The van der Waals surface area contributed by atoms with Gasteiger partial charge in [0.15, 0.2) is 0 Å². The van der Waals surface area contributed by atoms with Crippen LogP contribution in [0.4, 0.5) is 5.69 Å². The summed E-state index contributed by atoms with van der Waals surface area (Å²) in [6.45, 7) is 9.18. The average Bonchev–Trinajstić information content (AvgIpc) is 3.36. The van der Waals surface area contributed by atoms with Crippen LogP contribution in [-0.2, 0) is 51.3 Å². The molecule has 7 atom stereocenters. The van der Waals surface area contributed by atoms with Crippen molar-refractivity contribution in [3.8, 4) is 0 Å². The van der Waals surface area contributed by atoms with E-state index < -0.39 is 102 Å². The number of aryl methyl sites for hydroxylation is 1. The van der Waals surface area contributed by atoms with E-state index in [0.29, 0.717) is 16.8 Å². The first kappa shape index (κ1) is 40.8. The molecule has 0 unspecified atom stereocenters. The van der Waals surface area contributed by atoms with Crippen molar-refractivity contribution >= 4 is 47.2 Å². The van der Waals surface area contributed by atoms with Crippen molar-refractivity contribution in [1.29, 1.82) is 0 Å². The minimum Gasteiger partial charge on any atom is -0.481 e. The highest BCUT2D eigenvalue weighted by Crippen LogP contribution is 2.34. The van der Waals surface area contributed by atoms with Crippen molar-refractivity contribution in [2.24, 2.45) is 23.2 Å². The number of aliphatic carboxylic acids is 1. The van der Waals surface area contributed by atoms with Gasteiger partial charge in [-0.15, -0.1) is 0 Å². The molecule has 0 bridgehead atoms. The molecule has 1 fully saturated rings. The highest BCUT2D eigenvalue weighted by atomic mass is 16.5. The maximum absolute atomic E-state index is 13.2. The van der Waals surface area contributed by atoms with Gasteiger partial charge in [-0.25, -0.2) is 0 Å². The molecule has 3 rings (SSSR count). The Hall–Kier alpha value is -4.67. The number of aliphatic hydroxyl groups is 3. The van der Waals surface area contributed by atoms with Gasteiger partial charge in [0, 0.05) is 17.8 Å². The molecule has 1 aliphatic carbocycles. The summed E-state index contributed by atoms with van der Waals surface area (Å²) in [5, 5.41) is 48.4. The van der Waals surface area contributed by atoms with Crippen LogP contribution in [-0.4, -0.2) is 104 Å². The third-order valence-electron chi connectivity index (χ3n) is 8.92. The van der Waals surface area contributed by atoms with Crippen LogP contribution in [0.3, 0.4) is 0 Å². The van der Waals surface area contributed by atoms with Crippen LogP contribution in [0.2, 0.25) is 0 Å². The third-order valence-corrected chi connectivity index (χ3v) is 8.92. The molecule has 1 saturated carbocycles. The quantitative estimate of drug-likeness (QED) is 0.0995. The molecule has 16 heteroatoms. The number of carboxylic acids is 1.